The van der Waals surface area contributed by atoms with Crippen molar-refractivity contribution in [3.8, 4) is 0 Å². The lowest BCUT2D eigenvalue weighted by atomic mass is 9.66. The summed E-state index contributed by atoms with van der Waals surface area (Å²) in [6, 6.07) is 0. The third-order valence-corrected chi connectivity index (χ3v) is 7.47. The molecule has 3 nitrogen and oxygen atoms in total. The van der Waals surface area contributed by atoms with Gasteiger partial charge in [0.15, 0.2) is 6.61 Å². The molecule has 2 rings (SSSR count). The van der Waals surface area contributed by atoms with Gasteiger partial charge in [-0.15, -0.1) is 0 Å². The Hall–Kier alpha value is -1.25. The molecule has 0 aliphatic heterocycles. The van der Waals surface area contributed by atoms with Crippen LogP contribution in [0.4, 0.5) is 0 Å². The zero-order valence-electron chi connectivity index (χ0n) is 20.7. The van der Waals surface area contributed by atoms with E-state index in [9.17, 15) is 4.79 Å². The van der Waals surface area contributed by atoms with Gasteiger partial charge >= 0.3 is 5.97 Å². The summed E-state index contributed by atoms with van der Waals surface area (Å²) in [6.45, 7) is 16.3. The summed E-state index contributed by atoms with van der Waals surface area (Å²) in [4.78, 5) is 12.4. The second kappa shape index (κ2) is 10.4. The van der Waals surface area contributed by atoms with Crippen LogP contribution in [0.2, 0.25) is 0 Å². The Morgan fingerprint density at radius 3 is 2.20 bits per heavy atom. The smallest absolute Gasteiger partial charge is 0.344 e. The maximum atomic E-state index is 12.4. The van der Waals surface area contributed by atoms with Crippen LogP contribution in [0.1, 0.15) is 113 Å². The van der Waals surface area contributed by atoms with E-state index in [0.717, 1.165) is 50.7 Å². The molecule has 1 fully saturated rings. The summed E-state index contributed by atoms with van der Waals surface area (Å²) in [6.07, 6.45) is 15.1. The third kappa shape index (κ3) is 7.17. The first-order chi connectivity index (χ1) is 14.0. The number of carbonyl (C=O) groups is 1. The minimum absolute atomic E-state index is 0.0301. The summed E-state index contributed by atoms with van der Waals surface area (Å²) >= 11 is 0. The molecule has 0 radical (unpaired) electrons. The Morgan fingerprint density at radius 1 is 1.03 bits per heavy atom. The van der Waals surface area contributed by atoms with E-state index in [4.69, 9.17) is 9.47 Å². The first kappa shape index (κ1) is 25.0. The number of carbonyl (C=O) groups excluding carboxylic acids is 1. The predicted octanol–water partition coefficient (Wildman–Crippen LogP) is 7.75. The average molecular weight is 419 g/mol. The van der Waals surface area contributed by atoms with Crippen molar-refractivity contribution in [2.75, 3.05) is 6.61 Å². The van der Waals surface area contributed by atoms with Crippen LogP contribution in [0.15, 0.2) is 23.5 Å². The number of hydrogen-bond donors (Lipinski definition) is 0. The number of rotatable bonds is 9. The molecular weight excluding hydrogens is 372 g/mol. The Bertz CT molecular complexity index is 627. The van der Waals surface area contributed by atoms with Gasteiger partial charge in [-0.05, 0) is 67.8 Å². The van der Waals surface area contributed by atoms with Crippen molar-refractivity contribution in [2.45, 2.75) is 118 Å². The minimum atomic E-state index is -0.251. The number of allylic oxidation sites excluding steroid dienone is 4. The van der Waals surface area contributed by atoms with Gasteiger partial charge in [0.2, 0.25) is 0 Å². The van der Waals surface area contributed by atoms with E-state index in [2.05, 4.69) is 60.6 Å². The molecule has 2 aliphatic rings. The Labute approximate surface area is 185 Å². The van der Waals surface area contributed by atoms with E-state index >= 15 is 0 Å². The van der Waals surface area contributed by atoms with Crippen LogP contribution in [-0.2, 0) is 14.3 Å². The molecule has 0 bridgehead atoms. The summed E-state index contributed by atoms with van der Waals surface area (Å²) in [7, 11) is 0. The summed E-state index contributed by atoms with van der Waals surface area (Å²) in [5.74, 6) is 1.25. The molecule has 0 aromatic heterocycles. The first-order valence-electron chi connectivity index (χ1n) is 12.2. The second-order valence-corrected chi connectivity index (χ2v) is 11.4. The molecule has 172 valence electrons. The van der Waals surface area contributed by atoms with Crippen LogP contribution < -0.4 is 0 Å². The predicted molar refractivity (Wildman–Crippen MR) is 125 cm³/mol. The molecule has 1 atom stereocenters. The highest BCUT2D eigenvalue weighted by Gasteiger charge is 2.35. The van der Waals surface area contributed by atoms with Gasteiger partial charge in [-0.1, -0.05) is 73.0 Å². The van der Waals surface area contributed by atoms with Crippen LogP contribution in [0.25, 0.3) is 0 Å². The van der Waals surface area contributed by atoms with Gasteiger partial charge in [-0.3, -0.25) is 0 Å². The van der Waals surface area contributed by atoms with Crippen molar-refractivity contribution in [3.63, 3.8) is 0 Å². The Morgan fingerprint density at radius 2 is 1.70 bits per heavy atom. The van der Waals surface area contributed by atoms with Crippen LogP contribution in [0.5, 0.6) is 0 Å². The van der Waals surface area contributed by atoms with Gasteiger partial charge in [-0.2, -0.15) is 0 Å². The molecule has 1 unspecified atom stereocenters. The fourth-order valence-corrected chi connectivity index (χ4v) is 4.88. The van der Waals surface area contributed by atoms with E-state index in [0.29, 0.717) is 11.3 Å². The number of esters is 1. The molecule has 0 heterocycles. The normalized spacial score (nSPS) is 20.8. The second-order valence-electron chi connectivity index (χ2n) is 11.4. The Balaban J connectivity index is 1.95. The fraction of sp³-hybridized carbons (Fsp3) is 0.815. The zero-order valence-corrected chi connectivity index (χ0v) is 20.7. The molecular formula is C27H46O3. The molecule has 1 saturated carbocycles. The summed E-state index contributed by atoms with van der Waals surface area (Å²) < 4.78 is 11.7. The first-order valence-corrected chi connectivity index (χ1v) is 12.2. The van der Waals surface area contributed by atoms with Crippen LogP contribution in [-0.4, -0.2) is 18.2 Å². The number of ether oxygens (including phenoxy) is 2. The summed E-state index contributed by atoms with van der Waals surface area (Å²) in [5.41, 5.74) is 1.85. The van der Waals surface area contributed by atoms with E-state index in [1.54, 1.807) is 0 Å². The lowest BCUT2D eigenvalue weighted by Gasteiger charge is -2.39. The zero-order chi connectivity index (χ0) is 22.4. The molecule has 0 aromatic carbocycles. The maximum absolute atomic E-state index is 12.4. The molecule has 3 heteroatoms. The third-order valence-electron chi connectivity index (χ3n) is 7.47. The molecule has 0 aromatic rings. The fourth-order valence-electron chi connectivity index (χ4n) is 4.88. The van der Waals surface area contributed by atoms with Crippen molar-refractivity contribution in [1.29, 1.82) is 0 Å². The SMILES string of the molecule is CCC(C)(C)CC(C1=CC=C(OCC(=O)OC2(CC)CCCCC2)CC1)C(C)(C)C. The van der Waals surface area contributed by atoms with E-state index in [1.165, 1.54) is 24.8 Å². The van der Waals surface area contributed by atoms with Crippen molar-refractivity contribution < 1.29 is 14.3 Å². The van der Waals surface area contributed by atoms with Gasteiger partial charge in [0.25, 0.3) is 0 Å². The van der Waals surface area contributed by atoms with Gasteiger partial charge in [0.05, 0.1) is 5.76 Å². The maximum Gasteiger partial charge on any atom is 0.344 e. The monoisotopic (exact) mass is 418 g/mol. The van der Waals surface area contributed by atoms with Gasteiger partial charge in [0, 0.05) is 6.42 Å². The van der Waals surface area contributed by atoms with Crippen LogP contribution in [0.3, 0.4) is 0 Å². The van der Waals surface area contributed by atoms with Gasteiger partial charge in [-0.25, -0.2) is 4.79 Å². The standard InChI is InChI=1S/C27H46O3/c1-8-26(6,7)19-23(25(3,4)5)21-13-15-22(16-14-21)29-20-24(28)30-27(9-2)17-11-10-12-18-27/h13,15,23H,8-12,14,16-20H2,1-7H3. The van der Waals surface area contributed by atoms with E-state index in [-0.39, 0.29) is 23.6 Å². The average Bonchev–Trinajstić information content (AvgIpc) is 2.71. The van der Waals surface area contributed by atoms with Gasteiger partial charge < -0.3 is 9.47 Å². The highest BCUT2D eigenvalue weighted by Crippen LogP contribution is 2.44. The van der Waals surface area contributed by atoms with E-state index < -0.39 is 0 Å². The molecule has 30 heavy (non-hydrogen) atoms. The van der Waals surface area contributed by atoms with Crippen molar-refractivity contribution in [2.24, 2.45) is 16.7 Å². The van der Waals surface area contributed by atoms with Crippen molar-refractivity contribution in [1.82, 2.24) is 0 Å². The van der Waals surface area contributed by atoms with Crippen molar-refractivity contribution >= 4 is 5.97 Å². The minimum Gasteiger partial charge on any atom is -0.486 e. The molecule has 0 saturated heterocycles. The molecule has 2 aliphatic carbocycles. The highest BCUT2D eigenvalue weighted by atomic mass is 16.6. The lowest BCUT2D eigenvalue weighted by molar-refractivity contribution is -0.167. The largest absolute Gasteiger partial charge is 0.486 e. The molecule has 0 N–H and O–H groups in total. The molecule has 0 spiro atoms. The molecule has 0 amide bonds. The van der Waals surface area contributed by atoms with Gasteiger partial charge in [0.1, 0.15) is 5.60 Å². The van der Waals surface area contributed by atoms with Crippen LogP contribution >= 0.6 is 0 Å². The van der Waals surface area contributed by atoms with E-state index in [1.807, 2.05) is 0 Å². The topological polar surface area (TPSA) is 35.5 Å². The number of hydrogen-bond acceptors (Lipinski definition) is 3. The highest BCUT2D eigenvalue weighted by molar-refractivity contribution is 5.71. The van der Waals surface area contributed by atoms with Crippen LogP contribution in [0, 0.1) is 16.7 Å². The quantitative estimate of drug-likeness (QED) is 0.359. The van der Waals surface area contributed by atoms with Crippen molar-refractivity contribution in [3.05, 3.63) is 23.5 Å². The summed E-state index contributed by atoms with van der Waals surface area (Å²) in [5, 5.41) is 0. The lowest BCUT2D eigenvalue weighted by Crippen LogP contribution is -2.37. The Kier molecular flexibility index (Phi) is 8.65.